The molecule has 0 bridgehead atoms. The summed E-state index contributed by atoms with van der Waals surface area (Å²) in [4.78, 5) is 5.09. The Bertz CT molecular complexity index is 282. The predicted octanol–water partition coefficient (Wildman–Crippen LogP) is 1.77. The van der Waals surface area contributed by atoms with E-state index >= 15 is 0 Å². The van der Waals surface area contributed by atoms with Crippen molar-refractivity contribution in [1.29, 1.82) is 0 Å². The van der Waals surface area contributed by atoms with Crippen molar-refractivity contribution in [1.82, 2.24) is 15.1 Å². The number of hydrogen-bond donors (Lipinski definition) is 1. The molecule has 0 unspecified atom stereocenters. The molecule has 0 amide bonds. The molecule has 1 N–H and O–H groups in total. The Labute approximate surface area is 112 Å². The zero-order valence-electron chi connectivity index (χ0n) is 12.3. The van der Waals surface area contributed by atoms with Crippen LogP contribution in [-0.2, 0) is 0 Å². The molecule has 0 atom stereocenters. The molecule has 3 heteroatoms. The third kappa shape index (κ3) is 3.07. The summed E-state index contributed by atoms with van der Waals surface area (Å²) >= 11 is 0. The molecule has 1 spiro atoms. The van der Waals surface area contributed by atoms with Gasteiger partial charge in [-0.25, -0.2) is 0 Å². The summed E-state index contributed by atoms with van der Waals surface area (Å²) in [6, 6.07) is 0. The first-order chi connectivity index (χ1) is 8.54. The Hall–Kier alpha value is -0.540. The van der Waals surface area contributed by atoms with E-state index in [2.05, 4.69) is 35.5 Å². The second kappa shape index (κ2) is 5.62. The van der Waals surface area contributed by atoms with Gasteiger partial charge in [0.1, 0.15) is 0 Å². The average Bonchev–Trinajstić information content (AvgIpc) is 2.27. The van der Waals surface area contributed by atoms with Crippen molar-refractivity contribution in [2.24, 2.45) is 11.3 Å². The Morgan fingerprint density at radius 2 is 1.89 bits per heavy atom. The largest absolute Gasteiger partial charge is 0.373 e. The molecule has 0 aromatic carbocycles. The quantitative estimate of drug-likeness (QED) is 0.803. The van der Waals surface area contributed by atoms with Crippen LogP contribution in [0, 0.1) is 11.3 Å². The highest BCUT2D eigenvalue weighted by Crippen LogP contribution is 2.41. The zero-order chi connectivity index (χ0) is 13.2. The Morgan fingerprint density at radius 1 is 1.28 bits per heavy atom. The highest BCUT2D eigenvalue weighted by atomic mass is 15.2. The lowest BCUT2D eigenvalue weighted by Gasteiger charge is -2.55. The highest BCUT2D eigenvalue weighted by molar-refractivity contribution is 5.08. The van der Waals surface area contributed by atoms with E-state index in [1.165, 1.54) is 51.3 Å². The van der Waals surface area contributed by atoms with Gasteiger partial charge in [0.05, 0.1) is 0 Å². The van der Waals surface area contributed by atoms with E-state index in [4.69, 9.17) is 0 Å². The number of hydrogen-bond acceptors (Lipinski definition) is 3. The van der Waals surface area contributed by atoms with Gasteiger partial charge in [-0.2, -0.15) is 0 Å². The molecule has 2 aliphatic rings. The maximum atomic E-state index is 4.15. The molecule has 0 radical (unpaired) electrons. The van der Waals surface area contributed by atoms with Crippen molar-refractivity contribution < 1.29 is 0 Å². The molecular weight excluding hydrogens is 222 g/mol. The maximum absolute atomic E-state index is 4.15. The third-order valence-electron chi connectivity index (χ3n) is 4.42. The lowest BCUT2D eigenvalue weighted by molar-refractivity contribution is -0.0291. The van der Waals surface area contributed by atoms with Crippen LogP contribution in [0.3, 0.4) is 0 Å². The second-order valence-electron chi connectivity index (χ2n) is 6.65. The van der Waals surface area contributed by atoms with Crippen molar-refractivity contribution in [3.63, 3.8) is 0 Å². The monoisotopic (exact) mass is 251 g/mol. The summed E-state index contributed by atoms with van der Waals surface area (Å²) in [6.07, 6.45) is 2.76. The fourth-order valence-electron chi connectivity index (χ4n) is 3.35. The normalized spacial score (nSPS) is 23.4. The highest BCUT2D eigenvalue weighted by Gasteiger charge is 2.44. The van der Waals surface area contributed by atoms with E-state index in [1.54, 1.807) is 0 Å². The molecule has 2 fully saturated rings. The van der Waals surface area contributed by atoms with Crippen molar-refractivity contribution >= 4 is 0 Å². The number of likely N-dealkylation sites (N-methyl/N-ethyl adjacent to an activating group) is 1. The standard InChI is InChI=1S/C15H29N3/c1-13(2)10-17-7-5-15(6-8-17)11-18(12-15)14(3)9-16-4/h13,16H,3,5-12H2,1-2,4H3. The van der Waals surface area contributed by atoms with E-state index in [0.29, 0.717) is 5.41 Å². The molecule has 104 valence electrons. The van der Waals surface area contributed by atoms with Crippen LogP contribution in [0.15, 0.2) is 12.3 Å². The number of nitrogens with one attached hydrogen (secondary N) is 1. The van der Waals surface area contributed by atoms with E-state index < -0.39 is 0 Å². The SMILES string of the molecule is C=C(CNC)N1CC2(CCN(CC(C)C)CC2)C1. The summed E-state index contributed by atoms with van der Waals surface area (Å²) in [5.41, 5.74) is 1.87. The first kappa shape index (κ1) is 13.9. The summed E-state index contributed by atoms with van der Waals surface area (Å²) in [5, 5.41) is 3.19. The van der Waals surface area contributed by atoms with Crippen LogP contribution < -0.4 is 5.32 Å². The molecule has 0 aromatic heterocycles. The van der Waals surface area contributed by atoms with Gasteiger partial charge in [-0.05, 0) is 38.9 Å². The van der Waals surface area contributed by atoms with E-state index in [9.17, 15) is 0 Å². The van der Waals surface area contributed by atoms with Crippen molar-refractivity contribution in [3.8, 4) is 0 Å². The third-order valence-corrected chi connectivity index (χ3v) is 4.42. The summed E-state index contributed by atoms with van der Waals surface area (Å²) in [5.74, 6) is 0.798. The fourth-order valence-corrected chi connectivity index (χ4v) is 3.35. The minimum Gasteiger partial charge on any atom is -0.373 e. The van der Waals surface area contributed by atoms with E-state index in [-0.39, 0.29) is 0 Å². The van der Waals surface area contributed by atoms with Crippen LogP contribution in [-0.4, -0.2) is 56.1 Å². The average molecular weight is 251 g/mol. The number of rotatable bonds is 5. The molecular formula is C15H29N3. The lowest BCUT2D eigenvalue weighted by atomic mass is 9.71. The van der Waals surface area contributed by atoms with Gasteiger partial charge in [0.15, 0.2) is 0 Å². The van der Waals surface area contributed by atoms with Crippen molar-refractivity contribution in [3.05, 3.63) is 12.3 Å². The van der Waals surface area contributed by atoms with Gasteiger partial charge in [-0.15, -0.1) is 0 Å². The van der Waals surface area contributed by atoms with Gasteiger partial charge in [-0.3, -0.25) is 0 Å². The molecule has 3 nitrogen and oxygen atoms in total. The molecule has 0 aromatic rings. The van der Waals surface area contributed by atoms with Crippen LogP contribution in [0.4, 0.5) is 0 Å². The molecule has 0 aliphatic carbocycles. The molecule has 2 aliphatic heterocycles. The first-order valence-electron chi connectivity index (χ1n) is 7.34. The van der Waals surface area contributed by atoms with Gasteiger partial charge < -0.3 is 15.1 Å². The second-order valence-corrected chi connectivity index (χ2v) is 6.65. The van der Waals surface area contributed by atoms with Crippen molar-refractivity contribution in [2.75, 3.05) is 46.3 Å². The van der Waals surface area contributed by atoms with Gasteiger partial charge in [0.2, 0.25) is 0 Å². The molecule has 0 saturated carbocycles. The number of nitrogens with zero attached hydrogens (tertiary/aromatic N) is 2. The van der Waals surface area contributed by atoms with Gasteiger partial charge in [-0.1, -0.05) is 20.4 Å². The van der Waals surface area contributed by atoms with Crippen LogP contribution in [0.25, 0.3) is 0 Å². The van der Waals surface area contributed by atoms with Gasteiger partial charge in [0, 0.05) is 37.3 Å². The summed E-state index contributed by atoms with van der Waals surface area (Å²) in [7, 11) is 1.99. The first-order valence-corrected chi connectivity index (χ1v) is 7.34. The Kier molecular flexibility index (Phi) is 4.33. The number of piperidine rings is 1. The molecule has 2 heterocycles. The summed E-state index contributed by atoms with van der Waals surface area (Å²) in [6.45, 7) is 16.1. The minimum absolute atomic E-state index is 0.615. The topological polar surface area (TPSA) is 18.5 Å². The molecule has 2 saturated heterocycles. The van der Waals surface area contributed by atoms with Gasteiger partial charge in [0.25, 0.3) is 0 Å². The predicted molar refractivity (Wildman–Crippen MR) is 77.6 cm³/mol. The maximum Gasteiger partial charge on any atom is 0.0347 e. The Balaban J connectivity index is 1.73. The number of likely N-dealkylation sites (tertiary alicyclic amines) is 2. The Morgan fingerprint density at radius 3 is 2.39 bits per heavy atom. The lowest BCUT2D eigenvalue weighted by Crippen LogP contribution is -2.60. The zero-order valence-corrected chi connectivity index (χ0v) is 12.3. The van der Waals surface area contributed by atoms with Crippen molar-refractivity contribution in [2.45, 2.75) is 26.7 Å². The smallest absolute Gasteiger partial charge is 0.0347 e. The minimum atomic E-state index is 0.615. The molecule has 2 rings (SSSR count). The van der Waals surface area contributed by atoms with Crippen LogP contribution in [0.1, 0.15) is 26.7 Å². The fraction of sp³-hybridized carbons (Fsp3) is 0.867. The van der Waals surface area contributed by atoms with E-state index in [0.717, 1.165) is 12.5 Å². The molecule has 18 heavy (non-hydrogen) atoms. The summed E-state index contributed by atoms with van der Waals surface area (Å²) < 4.78 is 0. The van der Waals surface area contributed by atoms with E-state index in [1.807, 2.05) is 7.05 Å². The van der Waals surface area contributed by atoms with Crippen LogP contribution >= 0.6 is 0 Å². The van der Waals surface area contributed by atoms with Gasteiger partial charge >= 0.3 is 0 Å². The van der Waals surface area contributed by atoms with Crippen LogP contribution in [0.5, 0.6) is 0 Å². The van der Waals surface area contributed by atoms with Crippen LogP contribution in [0.2, 0.25) is 0 Å².